The van der Waals surface area contributed by atoms with Crippen molar-refractivity contribution in [3.05, 3.63) is 0 Å². The molecule has 7 nitrogen and oxygen atoms in total. The second-order valence-electron chi connectivity index (χ2n) is 5.87. The zero-order valence-electron chi connectivity index (χ0n) is 13.4. The summed E-state index contributed by atoms with van der Waals surface area (Å²) >= 11 is 0. The van der Waals surface area contributed by atoms with Gasteiger partial charge in [0.2, 0.25) is 5.60 Å². The Labute approximate surface area is 129 Å². The summed E-state index contributed by atoms with van der Waals surface area (Å²) in [5, 5.41) is 7.65. The van der Waals surface area contributed by atoms with Gasteiger partial charge in [-0.05, 0) is 32.6 Å². The topological polar surface area (TPSA) is 86.6 Å². The van der Waals surface area contributed by atoms with Crippen LogP contribution in [0.4, 0.5) is 0 Å². The molecule has 2 rings (SSSR count). The predicted molar refractivity (Wildman–Crippen MR) is 79.3 cm³/mol. The number of esters is 1. The van der Waals surface area contributed by atoms with Crippen molar-refractivity contribution in [2.24, 2.45) is 22.1 Å². The highest BCUT2D eigenvalue weighted by atomic mass is 16.7. The average Bonchev–Trinajstić information content (AvgIpc) is 3.03. The Kier molecular flexibility index (Phi) is 4.83. The standard InChI is InChI=1S/C15H22N2O5/c1-5-20-13(18)10(4)16-21-14(19)15-8-6-7-11(15)12(9(2)3)17-22-15/h9,11H,5-8H2,1-4H3/b16-10+. The van der Waals surface area contributed by atoms with Crippen LogP contribution in [0.5, 0.6) is 0 Å². The van der Waals surface area contributed by atoms with Gasteiger partial charge in [0.1, 0.15) is 0 Å². The zero-order valence-corrected chi connectivity index (χ0v) is 13.4. The van der Waals surface area contributed by atoms with Crippen molar-refractivity contribution < 1.29 is 24.0 Å². The summed E-state index contributed by atoms with van der Waals surface area (Å²) in [4.78, 5) is 34.3. The molecular weight excluding hydrogens is 288 g/mol. The number of hydrogen-bond acceptors (Lipinski definition) is 7. The van der Waals surface area contributed by atoms with Gasteiger partial charge in [0.25, 0.3) is 0 Å². The number of fused-ring (bicyclic) bond motifs is 1. The quantitative estimate of drug-likeness (QED) is 0.336. The van der Waals surface area contributed by atoms with Crippen molar-refractivity contribution in [3.63, 3.8) is 0 Å². The normalized spacial score (nSPS) is 27.2. The number of carbonyl (C=O) groups excluding carboxylic acids is 2. The Morgan fingerprint density at radius 3 is 2.86 bits per heavy atom. The van der Waals surface area contributed by atoms with E-state index in [0.717, 1.165) is 18.6 Å². The van der Waals surface area contributed by atoms with E-state index in [1.807, 2.05) is 13.8 Å². The van der Waals surface area contributed by atoms with Gasteiger partial charge in [0.05, 0.1) is 18.2 Å². The predicted octanol–water partition coefficient (Wildman–Crippen LogP) is 2.05. The maximum Gasteiger partial charge on any atom is 0.381 e. The van der Waals surface area contributed by atoms with E-state index in [9.17, 15) is 9.59 Å². The molecule has 0 aromatic heterocycles. The van der Waals surface area contributed by atoms with Gasteiger partial charge >= 0.3 is 11.9 Å². The molecule has 1 saturated carbocycles. The molecule has 1 heterocycles. The van der Waals surface area contributed by atoms with Crippen LogP contribution in [0.3, 0.4) is 0 Å². The van der Waals surface area contributed by atoms with Gasteiger partial charge in [0, 0.05) is 6.42 Å². The number of oxime groups is 2. The molecule has 0 spiro atoms. The van der Waals surface area contributed by atoms with Gasteiger partial charge in [-0.1, -0.05) is 24.2 Å². The molecule has 0 aromatic carbocycles. The summed E-state index contributed by atoms with van der Waals surface area (Å²) < 4.78 is 4.78. The Hall–Kier alpha value is -1.92. The lowest BCUT2D eigenvalue weighted by atomic mass is 9.83. The Morgan fingerprint density at radius 2 is 2.23 bits per heavy atom. The highest BCUT2D eigenvalue weighted by Gasteiger charge is 2.59. The van der Waals surface area contributed by atoms with Gasteiger partial charge < -0.3 is 14.4 Å². The summed E-state index contributed by atoms with van der Waals surface area (Å²) in [5.74, 6) is -1.07. The number of nitrogens with zero attached hydrogens (tertiary/aromatic N) is 2. The average molecular weight is 310 g/mol. The number of carbonyl (C=O) groups is 2. The maximum absolute atomic E-state index is 12.4. The summed E-state index contributed by atoms with van der Waals surface area (Å²) in [7, 11) is 0. The highest BCUT2D eigenvalue weighted by molar-refractivity contribution is 6.35. The molecule has 122 valence electrons. The van der Waals surface area contributed by atoms with Crippen LogP contribution in [-0.4, -0.2) is 35.6 Å². The van der Waals surface area contributed by atoms with E-state index in [4.69, 9.17) is 14.4 Å². The molecule has 22 heavy (non-hydrogen) atoms. The molecular formula is C15H22N2O5. The van der Waals surface area contributed by atoms with Gasteiger partial charge in [-0.3, -0.25) is 0 Å². The van der Waals surface area contributed by atoms with Crippen LogP contribution >= 0.6 is 0 Å². The molecule has 1 aliphatic carbocycles. The van der Waals surface area contributed by atoms with Gasteiger partial charge in [-0.2, -0.15) is 0 Å². The van der Waals surface area contributed by atoms with E-state index >= 15 is 0 Å². The molecule has 2 atom stereocenters. The number of rotatable bonds is 5. The van der Waals surface area contributed by atoms with Crippen molar-refractivity contribution in [1.29, 1.82) is 0 Å². The second kappa shape index (κ2) is 6.46. The van der Waals surface area contributed by atoms with Crippen molar-refractivity contribution >= 4 is 23.4 Å². The molecule has 0 bridgehead atoms. The van der Waals surface area contributed by atoms with Gasteiger partial charge in [-0.25, -0.2) is 9.59 Å². The minimum Gasteiger partial charge on any atom is -0.461 e. The molecule has 1 aliphatic heterocycles. The van der Waals surface area contributed by atoms with E-state index in [2.05, 4.69) is 10.3 Å². The Balaban J connectivity index is 2.07. The summed E-state index contributed by atoms with van der Waals surface area (Å²) in [5.41, 5.74) is -0.206. The molecule has 0 N–H and O–H groups in total. The third-order valence-electron chi connectivity index (χ3n) is 4.05. The molecule has 0 radical (unpaired) electrons. The fourth-order valence-corrected chi connectivity index (χ4v) is 2.92. The Bertz CT molecular complexity index is 526. The number of ether oxygens (including phenoxy) is 1. The van der Waals surface area contributed by atoms with E-state index < -0.39 is 17.5 Å². The molecule has 7 heteroatoms. The van der Waals surface area contributed by atoms with Crippen molar-refractivity contribution in [3.8, 4) is 0 Å². The van der Waals surface area contributed by atoms with Crippen LogP contribution in [0.2, 0.25) is 0 Å². The fourth-order valence-electron chi connectivity index (χ4n) is 2.92. The Morgan fingerprint density at radius 1 is 1.50 bits per heavy atom. The second-order valence-corrected chi connectivity index (χ2v) is 5.87. The summed E-state index contributed by atoms with van der Waals surface area (Å²) in [6.45, 7) is 7.40. The van der Waals surface area contributed by atoms with Crippen LogP contribution in [0.25, 0.3) is 0 Å². The first kappa shape index (κ1) is 16.5. The lowest BCUT2D eigenvalue weighted by Gasteiger charge is -2.23. The summed E-state index contributed by atoms with van der Waals surface area (Å²) in [6, 6.07) is 0. The van der Waals surface area contributed by atoms with Crippen LogP contribution in [-0.2, 0) is 24.0 Å². The summed E-state index contributed by atoms with van der Waals surface area (Å²) in [6.07, 6.45) is 2.25. The molecule has 1 fully saturated rings. The molecule has 0 amide bonds. The highest BCUT2D eigenvalue weighted by Crippen LogP contribution is 2.46. The molecule has 2 unspecified atom stereocenters. The van der Waals surface area contributed by atoms with E-state index in [-0.39, 0.29) is 24.2 Å². The lowest BCUT2D eigenvalue weighted by molar-refractivity contribution is -0.172. The smallest absolute Gasteiger partial charge is 0.381 e. The van der Waals surface area contributed by atoms with Crippen LogP contribution in [0.15, 0.2) is 10.3 Å². The number of hydrogen-bond donors (Lipinski definition) is 0. The maximum atomic E-state index is 12.4. The first-order valence-corrected chi connectivity index (χ1v) is 7.61. The molecule has 0 aromatic rings. The minimum absolute atomic E-state index is 0.0101. The lowest BCUT2D eigenvalue weighted by Crippen LogP contribution is -2.44. The van der Waals surface area contributed by atoms with Crippen molar-refractivity contribution in [2.45, 2.75) is 52.6 Å². The zero-order chi connectivity index (χ0) is 16.3. The monoisotopic (exact) mass is 310 g/mol. The first-order valence-electron chi connectivity index (χ1n) is 7.61. The van der Waals surface area contributed by atoms with E-state index in [0.29, 0.717) is 6.42 Å². The van der Waals surface area contributed by atoms with E-state index in [1.54, 1.807) is 6.92 Å². The minimum atomic E-state index is -1.09. The van der Waals surface area contributed by atoms with Crippen LogP contribution < -0.4 is 0 Å². The third kappa shape index (κ3) is 2.84. The molecule has 2 aliphatic rings. The van der Waals surface area contributed by atoms with Crippen molar-refractivity contribution in [1.82, 2.24) is 0 Å². The van der Waals surface area contributed by atoms with Gasteiger partial charge in [-0.15, -0.1) is 0 Å². The SMILES string of the molecule is CCOC(=O)/C(C)=N/OC(=O)C12CCCC1C(C(C)C)=NO2. The largest absolute Gasteiger partial charge is 0.461 e. The fraction of sp³-hybridized carbons (Fsp3) is 0.733. The molecule has 0 saturated heterocycles. The van der Waals surface area contributed by atoms with Crippen LogP contribution in [0.1, 0.15) is 47.0 Å². The van der Waals surface area contributed by atoms with Crippen LogP contribution in [0, 0.1) is 11.8 Å². The van der Waals surface area contributed by atoms with E-state index in [1.165, 1.54) is 6.92 Å². The third-order valence-corrected chi connectivity index (χ3v) is 4.05. The van der Waals surface area contributed by atoms with Gasteiger partial charge in [0.15, 0.2) is 5.71 Å². The van der Waals surface area contributed by atoms with Crippen molar-refractivity contribution in [2.75, 3.05) is 6.61 Å². The first-order chi connectivity index (χ1) is 10.4.